The Kier molecular flexibility index (Phi) is 4.88. The molecule has 1 saturated heterocycles. The van der Waals surface area contributed by atoms with E-state index in [1.165, 1.54) is 0 Å². The molecule has 1 atom stereocenters. The number of aromatic nitrogens is 1. The minimum Gasteiger partial charge on any atom is -0.495 e. The fraction of sp³-hybridized carbons (Fsp3) is 0.333. The smallest absolute Gasteiger partial charge is 0.231 e. The lowest BCUT2D eigenvalue weighted by Crippen LogP contribution is -2.41. The first-order chi connectivity index (χ1) is 11.3. The number of rotatable bonds is 4. The molecule has 0 spiro atoms. The molecule has 1 aromatic heterocycles. The van der Waals surface area contributed by atoms with Crippen LogP contribution in [0.4, 0.5) is 0 Å². The monoisotopic (exact) mass is 312 g/mol. The third kappa shape index (κ3) is 3.51. The molecule has 1 aliphatic heterocycles. The highest BCUT2D eigenvalue weighted by atomic mass is 16.5. The van der Waals surface area contributed by atoms with Gasteiger partial charge >= 0.3 is 0 Å². The summed E-state index contributed by atoms with van der Waals surface area (Å²) in [6.07, 6.45) is 2.68. The van der Waals surface area contributed by atoms with Gasteiger partial charge in [-0.25, -0.2) is 0 Å². The molecule has 23 heavy (non-hydrogen) atoms. The highest BCUT2D eigenvalue weighted by molar-refractivity contribution is 5.79. The van der Waals surface area contributed by atoms with E-state index < -0.39 is 0 Å². The second-order valence-electron chi connectivity index (χ2n) is 5.45. The van der Waals surface area contributed by atoms with Gasteiger partial charge in [0.25, 0.3) is 0 Å². The maximum absolute atomic E-state index is 12.8. The van der Waals surface area contributed by atoms with Crippen LogP contribution in [0.15, 0.2) is 48.7 Å². The first-order valence-corrected chi connectivity index (χ1v) is 7.69. The molecule has 0 radical (unpaired) electrons. The van der Waals surface area contributed by atoms with E-state index in [-0.39, 0.29) is 18.4 Å². The molecule has 3 rings (SSSR count). The summed E-state index contributed by atoms with van der Waals surface area (Å²) in [7, 11) is 1.59. The minimum absolute atomic E-state index is 0.00412. The molecule has 120 valence electrons. The van der Waals surface area contributed by atoms with Crippen molar-refractivity contribution in [2.45, 2.75) is 18.9 Å². The van der Waals surface area contributed by atoms with Crippen LogP contribution >= 0.6 is 0 Å². The van der Waals surface area contributed by atoms with Gasteiger partial charge in [0, 0.05) is 6.20 Å². The number of benzene rings is 1. The predicted molar refractivity (Wildman–Crippen MR) is 86.0 cm³/mol. The number of amides is 1. The second-order valence-corrected chi connectivity index (χ2v) is 5.45. The van der Waals surface area contributed by atoms with E-state index >= 15 is 0 Å². The van der Waals surface area contributed by atoms with Gasteiger partial charge in [0.05, 0.1) is 31.9 Å². The molecule has 0 bridgehead atoms. The van der Waals surface area contributed by atoms with E-state index in [2.05, 4.69) is 17.1 Å². The quantitative estimate of drug-likeness (QED) is 0.871. The fourth-order valence-corrected chi connectivity index (χ4v) is 2.86. The second kappa shape index (κ2) is 7.24. The molecule has 2 heterocycles. The molecular weight excluding hydrogens is 292 g/mol. The summed E-state index contributed by atoms with van der Waals surface area (Å²) >= 11 is 0. The molecule has 1 unspecified atom stereocenters. The summed E-state index contributed by atoms with van der Waals surface area (Å²) in [4.78, 5) is 18.8. The standard InChI is InChI=1S/C18H20N2O3/c1-22-17-8-5-10-19-15(17)12-18(21)20-13-23-11-9-16(20)14-6-3-2-4-7-14/h2-8,10,16H,9,11-13H2,1H3. The Morgan fingerprint density at radius 2 is 2.13 bits per heavy atom. The first kappa shape index (κ1) is 15.5. The Labute approximate surface area is 135 Å². The van der Waals surface area contributed by atoms with E-state index in [0.717, 1.165) is 12.0 Å². The zero-order valence-corrected chi connectivity index (χ0v) is 13.1. The van der Waals surface area contributed by atoms with Gasteiger partial charge in [-0.1, -0.05) is 30.3 Å². The number of pyridine rings is 1. The number of ether oxygens (including phenoxy) is 2. The third-order valence-corrected chi connectivity index (χ3v) is 4.03. The molecule has 5 nitrogen and oxygen atoms in total. The van der Waals surface area contributed by atoms with E-state index in [9.17, 15) is 4.79 Å². The lowest BCUT2D eigenvalue weighted by molar-refractivity contribution is -0.146. The molecule has 1 aliphatic rings. The van der Waals surface area contributed by atoms with Crippen LogP contribution < -0.4 is 4.74 Å². The van der Waals surface area contributed by atoms with Crippen molar-refractivity contribution in [3.8, 4) is 5.75 Å². The maximum atomic E-state index is 12.8. The molecule has 1 aromatic carbocycles. The van der Waals surface area contributed by atoms with Crippen molar-refractivity contribution in [2.24, 2.45) is 0 Å². The molecule has 1 fully saturated rings. The van der Waals surface area contributed by atoms with Gasteiger partial charge in [0.1, 0.15) is 12.5 Å². The zero-order valence-electron chi connectivity index (χ0n) is 13.1. The molecule has 0 saturated carbocycles. The van der Waals surface area contributed by atoms with Crippen LogP contribution in [0.25, 0.3) is 0 Å². The Hall–Kier alpha value is -2.40. The van der Waals surface area contributed by atoms with Crippen LogP contribution in [0.3, 0.4) is 0 Å². The largest absolute Gasteiger partial charge is 0.495 e. The van der Waals surface area contributed by atoms with Gasteiger partial charge in [0.2, 0.25) is 5.91 Å². The number of carbonyl (C=O) groups is 1. The summed E-state index contributed by atoms with van der Waals surface area (Å²) in [6, 6.07) is 13.7. The normalized spacial score (nSPS) is 17.8. The topological polar surface area (TPSA) is 51.7 Å². The Balaban J connectivity index is 1.79. The molecule has 1 amide bonds. The Morgan fingerprint density at radius 1 is 1.30 bits per heavy atom. The van der Waals surface area contributed by atoms with Crippen molar-refractivity contribution in [3.05, 3.63) is 59.9 Å². The minimum atomic E-state index is -0.00412. The van der Waals surface area contributed by atoms with Gasteiger partial charge in [-0.05, 0) is 24.1 Å². The summed E-state index contributed by atoms with van der Waals surface area (Å²) in [6.45, 7) is 0.976. The summed E-state index contributed by atoms with van der Waals surface area (Å²) in [5.41, 5.74) is 1.79. The molecule has 0 aliphatic carbocycles. The first-order valence-electron chi connectivity index (χ1n) is 7.69. The van der Waals surface area contributed by atoms with Gasteiger partial charge in [-0.2, -0.15) is 0 Å². The molecule has 2 aromatic rings. The van der Waals surface area contributed by atoms with Crippen LogP contribution in [-0.4, -0.2) is 36.2 Å². The Bertz CT molecular complexity index is 660. The highest BCUT2D eigenvalue weighted by Gasteiger charge is 2.29. The number of nitrogens with zero attached hydrogens (tertiary/aromatic N) is 2. The number of hydrogen-bond donors (Lipinski definition) is 0. The van der Waals surface area contributed by atoms with E-state index in [1.54, 1.807) is 24.3 Å². The lowest BCUT2D eigenvalue weighted by atomic mass is 10.0. The highest BCUT2D eigenvalue weighted by Crippen LogP contribution is 2.28. The van der Waals surface area contributed by atoms with Gasteiger partial charge in [-0.15, -0.1) is 0 Å². The van der Waals surface area contributed by atoms with Crippen molar-refractivity contribution in [3.63, 3.8) is 0 Å². The van der Waals surface area contributed by atoms with Crippen molar-refractivity contribution in [1.29, 1.82) is 0 Å². The summed E-state index contributed by atoms with van der Waals surface area (Å²) in [5.74, 6) is 0.630. The van der Waals surface area contributed by atoms with E-state index in [0.29, 0.717) is 24.8 Å². The van der Waals surface area contributed by atoms with Crippen LogP contribution in [0.1, 0.15) is 23.7 Å². The van der Waals surface area contributed by atoms with Crippen LogP contribution in [0.2, 0.25) is 0 Å². The number of methoxy groups -OCH3 is 1. The van der Waals surface area contributed by atoms with Crippen LogP contribution in [-0.2, 0) is 16.0 Å². The van der Waals surface area contributed by atoms with E-state index in [1.807, 2.05) is 24.3 Å². The average molecular weight is 312 g/mol. The zero-order chi connectivity index (χ0) is 16.1. The van der Waals surface area contributed by atoms with Gasteiger partial charge in [-0.3, -0.25) is 9.78 Å². The SMILES string of the molecule is COc1cccnc1CC(=O)N1COCCC1c1ccccc1. The van der Waals surface area contributed by atoms with Crippen LogP contribution in [0.5, 0.6) is 5.75 Å². The molecule has 0 N–H and O–H groups in total. The summed E-state index contributed by atoms with van der Waals surface area (Å²) in [5, 5.41) is 0. The summed E-state index contributed by atoms with van der Waals surface area (Å²) < 4.78 is 10.8. The molecular formula is C18H20N2O3. The van der Waals surface area contributed by atoms with E-state index in [4.69, 9.17) is 9.47 Å². The maximum Gasteiger partial charge on any atom is 0.231 e. The fourth-order valence-electron chi connectivity index (χ4n) is 2.86. The van der Waals surface area contributed by atoms with Crippen molar-refractivity contribution in [1.82, 2.24) is 9.88 Å². The number of carbonyl (C=O) groups excluding carboxylic acids is 1. The Morgan fingerprint density at radius 3 is 2.91 bits per heavy atom. The van der Waals surface area contributed by atoms with Crippen molar-refractivity contribution >= 4 is 5.91 Å². The number of hydrogen-bond acceptors (Lipinski definition) is 4. The lowest BCUT2D eigenvalue weighted by Gasteiger charge is -2.36. The van der Waals surface area contributed by atoms with Gasteiger partial charge in [0.15, 0.2) is 0 Å². The van der Waals surface area contributed by atoms with Crippen molar-refractivity contribution in [2.75, 3.05) is 20.4 Å². The third-order valence-electron chi connectivity index (χ3n) is 4.03. The van der Waals surface area contributed by atoms with Crippen molar-refractivity contribution < 1.29 is 14.3 Å². The molecule has 5 heteroatoms. The average Bonchev–Trinajstić information content (AvgIpc) is 2.63. The predicted octanol–water partition coefficient (Wildman–Crippen LogP) is 2.58. The van der Waals surface area contributed by atoms with Crippen LogP contribution in [0, 0.1) is 0 Å². The van der Waals surface area contributed by atoms with Gasteiger partial charge < -0.3 is 14.4 Å².